The predicted octanol–water partition coefficient (Wildman–Crippen LogP) is 1.19. The number of esters is 1. The van der Waals surface area contributed by atoms with Crippen molar-refractivity contribution in [3.05, 3.63) is 72.9 Å². The van der Waals surface area contributed by atoms with Gasteiger partial charge in [0.2, 0.25) is 0 Å². The maximum Gasteiger partial charge on any atom is 0.315 e. The Morgan fingerprint density at radius 3 is 2.06 bits per heavy atom. The number of hydrogen-bond acceptors (Lipinski definition) is 20. The zero-order valence-corrected chi connectivity index (χ0v) is 46.4. The second-order valence-corrected chi connectivity index (χ2v) is 21.2. The molecular weight excluding hydrogens is 1030 g/mol. The first kappa shape index (κ1) is 69.3. The highest BCUT2D eigenvalue weighted by Crippen LogP contribution is 2.35. The van der Waals surface area contributed by atoms with E-state index in [-0.39, 0.29) is 70.4 Å². The third-order valence-electron chi connectivity index (χ3n) is 14.2. The van der Waals surface area contributed by atoms with E-state index in [1.807, 2.05) is 56.4 Å². The van der Waals surface area contributed by atoms with Gasteiger partial charge in [-0.05, 0) is 58.8 Å². The highest BCUT2D eigenvalue weighted by atomic mass is 16.7. The van der Waals surface area contributed by atoms with E-state index in [9.17, 15) is 65.4 Å². The zero-order valence-electron chi connectivity index (χ0n) is 46.4. The molecule has 3 aliphatic heterocycles. The summed E-state index contributed by atoms with van der Waals surface area (Å²) in [5, 5.41) is 123. The molecule has 2 amide bonds. The maximum atomic E-state index is 13.1. The van der Waals surface area contributed by atoms with E-state index in [2.05, 4.69) is 10.6 Å². The van der Waals surface area contributed by atoms with Crippen molar-refractivity contribution in [2.75, 3.05) is 26.9 Å². The molecule has 0 aromatic heterocycles. The number of carbonyl (C=O) groups excluding carboxylic acids is 2. The number of cyclic esters (lactones) is 1. The Morgan fingerprint density at radius 1 is 0.772 bits per heavy atom. The SMILES string of the molecule is COC[C@@H](O)[C@H](N)[C@H](O)COC1/C=C/C=C/C=C/C=C/CC/C=C/C=C/C(C)C(OC2C[C@@H](O)[C@@H](O)[C@H](C)O2)C(C)C(C)OC(=O)CC(O)CC(O)CC(O)CCCC(O)CC2(O)CC(O)C(NC(=O)NCCC(=O)O)C(C1)O2. The smallest absolute Gasteiger partial charge is 0.315 e. The molecule has 15 N–H and O–H groups in total. The molecule has 3 rings (SSSR count). The number of carboxylic acids is 1. The van der Waals surface area contributed by atoms with Gasteiger partial charge in [-0.15, -0.1) is 0 Å². The first-order chi connectivity index (χ1) is 37.4. The van der Waals surface area contributed by atoms with Crippen molar-refractivity contribution < 1.29 is 99.0 Å². The van der Waals surface area contributed by atoms with E-state index in [0.29, 0.717) is 0 Å². The third kappa shape index (κ3) is 26.6. The van der Waals surface area contributed by atoms with Gasteiger partial charge in [0.15, 0.2) is 12.1 Å². The molecule has 0 aromatic carbocycles. The average molecular weight is 1130 g/mol. The van der Waals surface area contributed by atoms with Crippen LogP contribution in [0.25, 0.3) is 0 Å². The van der Waals surface area contributed by atoms with Crippen molar-refractivity contribution in [1.29, 1.82) is 0 Å². The summed E-state index contributed by atoms with van der Waals surface area (Å²) in [6.07, 6.45) is 5.30. The second-order valence-electron chi connectivity index (χ2n) is 21.2. The molecule has 2 bridgehead atoms. The molecule has 0 spiro atoms. The summed E-state index contributed by atoms with van der Waals surface area (Å²) in [6.45, 7) is 6.33. The maximum absolute atomic E-state index is 13.1. The van der Waals surface area contributed by atoms with Crippen molar-refractivity contribution >= 4 is 18.0 Å². The van der Waals surface area contributed by atoms with Crippen LogP contribution in [0.5, 0.6) is 0 Å². The van der Waals surface area contributed by atoms with Crippen LogP contribution in [-0.4, -0.2) is 211 Å². The first-order valence-corrected chi connectivity index (χ1v) is 27.6. The number of aliphatic hydroxyl groups is 10. The summed E-state index contributed by atoms with van der Waals surface area (Å²) in [6, 6.07) is -3.21. The summed E-state index contributed by atoms with van der Waals surface area (Å²) < 4.78 is 35.3. The molecule has 452 valence electrons. The summed E-state index contributed by atoms with van der Waals surface area (Å²) >= 11 is 0. The highest BCUT2D eigenvalue weighted by Gasteiger charge is 2.48. The molecule has 23 heteroatoms. The first-order valence-electron chi connectivity index (χ1n) is 27.6. The molecule has 0 radical (unpaired) electrons. The fourth-order valence-electron chi connectivity index (χ4n) is 9.57. The molecule has 0 aromatic rings. The molecular formula is C56H93N3O20. The van der Waals surface area contributed by atoms with E-state index >= 15 is 0 Å². The third-order valence-corrected chi connectivity index (χ3v) is 14.2. The van der Waals surface area contributed by atoms with Gasteiger partial charge in [-0.2, -0.15) is 0 Å². The molecule has 14 unspecified atom stereocenters. The lowest BCUT2D eigenvalue weighted by atomic mass is 9.87. The zero-order chi connectivity index (χ0) is 58.7. The highest BCUT2D eigenvalue weighted by molar-refractivity contribution is 5.75. The van der Waals surface area contributed by atoms with Crippen LogP contribution >= 0.6 is 0 Å². The van der Waals surface area contributed by atoms with Crippen molar-refractivity contribution in [3.63, 3.8) is 0 Å². The monoisotopic (exact) mass is 1130 g/mol. The van der Waals surface area contributed by atoms with E-state index in [1.165, 1.54) is 7.11 Å². The molecule has 3 heterocycles. The van der Waals surface area contributed by atoms with E-state index in [0.717, 1.165) is 12.8 Å². The van der Waals surface area contributed by atoms with Crippen LogP contribution < -0.4 is 16.4 Å². The Kier molecular flexibility index (Phi) is 32.0. The summed E-state index contributed by atoms with van der Waals surface area (Å²) in [5.74, 6) is -4.72. The number of urea groups is 1. The molecule has 0 saturated carbocycles. The number of methoxy groups -OCH3 is 1. The van der Waals surface area contributed by atoms with Crippen LogP contribution in [0.15, 0.2) is 72.9 Å². The Hall–Kier alpha value is -3.99. The number of carbonyl (C=O) groups is 3. The summed E-state index contributed by atoms with van der Waals surface area (Å²) in [4.78, 5) is 37.2. The largest absolute Gasteiger partial charge is 0.481 e. The molecule has 23 nitrogen and oxygen atoms in total. The normalized spacial score (nSPS) is 38.6. The summed E-state index contributed by atoms with van der Waals surface area (Å²) in [7, 11) is 1.36. The minimum Gasteiger partial charge on any atom is -0.481 e. The predicted molar refractivity (Wildman–Crippen MR) is 289 cm³/mol. The standard InChI is InChI=1S/C56H93N3O20/c1-34-19-16-14-12-10-8-6-7-9-11-13-15-17-22-42(75-33-46(67)51(57)45(66)32-74-5)28-47-52(59-55(72)58-24-23-48(68)69)44(65)31-56(73,79-47)30-39(61)21-18-20-38(60)25-40(62)26-41(63)27-49(70)76-36(3)35(2)54(34)78-50-29-43(64)53(71)37(4)77-50/h6-7,9,11-17,19,22,34-47,50-54,60-67,71,73H,8,10,18,20-21,23-33,57H2,1-5H3,(H,68,69)(H2,58,59,72)/b7-6+,11-9+,14-12+,15-13+,19-16+,22-17+/t34?,35?,36?,37-,38?,39?,40?,41?,42?,43+,44?,45+,46+,47?,50?,51-,52?,53-,54?,56?/m0/s1. The Labute approximate surface area is 464 Å². The topological polar surface area (TPSA) is 379 Å². The van der Waals surface area contributed by atoms with Crippen LogP contribution in [0.3, 0.4) is 0 Å². The van der Waals surface area contributed by atoms with Crippen LogP contribution in [0.1, 0.15) is 111 Å². The minimum atomic E-state index is -2.17. The quantitative estimate of drug-likeness (QED) is 0.115. The van der Waals surface area contributed by atoms with Gasteiger partial charge in [-0.1, -0.05) is 86.8 Å². The van der Waals surface area contributed by atoms with Gasteiger partial charge in [0.1, 0.15) is 12.2 Å². The van der Waals surface area contributed by atoms with Gasteiger partial charge in [-0.3, -0.25) is 9.59 Å². The van der Waals surface area contributed by atoms with Crippen LogP contribution in [0.2, 0.25) is 0 Å². The number of rotatable bonds is 13. The minimum absolute atomic E-state index is 0.0280. The van der Waals surface area contributed by atoms with Crippen molar-refractivity contribution in [3.8, 4) is 0 Å². The van der Waals surface area contributed by atoms with E-state index < -0.39 is 159 Å². The summed E-state index contributed by atoms with van der Waals surface area (Å²) in [5.41, 5.74) is 6.07. The lowest BCUT2D eigenvalue weighted by Gasteiger charge is -2.46. The lowest BCUT2D eigenvalue weighted by Crippen LogP contribution is -2.63. The number of aliphatic carboxylic acids is 1. The van der Waals surface area contributed by atoms with E-state index in [4.69, 9.17) is 39.3 Å². The number of fused-ring (bicyclic) bond motifs is 2. The van der Waals surface area contributed by atoms with Crippen molar-refractivity contribution in [2.45, 2.75) is 221 Å². The van der Waals surface area contributed by atoms with Crippen LogP contribution in [0.4, 0.5) is 4.79 Å². The van der Waals surface area contributed by atoms with Gasteiger partial charge in [-0.25, -0.2) is 4.79 Å². The number of hydrogen-bond donors (Lipinski definition) is 14. The van der Waals surface area contributed by atoms with Gasteiger partial charge in [0.05, 0.1) is 111 Å². The van der Waals surface area contributed by atoms with Gasteiger partial charge in [0, 0.05) is 51.2 Å². The average Bonchev–Trinajstić information content (AvgIpc) is 3.39. The molecule has 79 heavy (non-hydrogen) atoms. The molecule has 20 atom stereocenters. The Bertz CT molecular complexity index is 1940. The van der Waals surface area contributed by atoms with Crippen molar-refractivity contribution in [2.24, 2.45) is 17.6 Å². The van der Waals surface area contributed by atoms with Crippen LogP contribution in [-0.2, 0) is 38.0 Å². The Balaban J connectivity index is 1.89. The number of allylic oxidation sites excluding steroid dienone is 10. The van der Waals surface area contributed by atoms with E-state index in [1.54, 1.807) is 44.2 Å². The number of amides is 2. The number of aliphatic hydroxyl groups excluding tert-OH is 9. The lowest BCUT2D eigenvalue weighted by molar-refractivity contribution is -0.292. The fourth-order valence-corrected chi connectivity index (χ4v) is 9.57. The number of nitrogens with two attached hydrogens (primary N) is 1. The Morgan fingerprint density at radius 2 is 1.39 bits per heavy atom. The van der Waals surface area contributed by atoms with Gasteiger partial charge >= 0.3 is 18.0 Å². The number of ether oxygens (including phenoxy) is 6. The van der Waals surface area contributed by atoms with Gasteiger partial charge < -0.3 is 101 Å². The molecule has 2 saturated heterocycles. The molecule has 0 aliphatic carbocycles. The van der Waals surface area contributed by atoms with Gasteiger partial charge in [0.25, 0.3) is 0 Å². The van der Waals surface area contributed by atoms with Crippen LogP contribution in [0, 0.1) is 11.8 Å². The fraction of sp³-hybridized carbons (Fsp3) is 0.732. The molecule has 3 aliphatic rings. The molecule has 2 fully saturated rings. The van der Waals surface area contributed by atoms with Crippen molar-refractivity contribution in [1.82, 2.24) is 10.6 Å². The number of nitrogens with one attached hydrogen (secondary N) is 2. The number of carboxylic acid groups (broad SMARTS) is 1. The second kappa shape index (κ2) is 36.5.